The zero-order valence-corrected chi connectivity index (χ0v) is 12.9. The van der Waals surface area contributed by atoms with Gasteiger partial charge in [0.05, 0.1) is 10.6 Å². The number of nitrogens with two attached hydrogens (primary N) is 1. The van der Waals surface area contributed by atoms with Gasteiger partial charge in [-0.1, -0.05) is 30.3 Å². The third-order valence-electron chi connectivity index (χ3n) is 3.62. The van der Waals surface area contributed by atoms with E-state index in [1.807, 2.05) is 18.2 Å². The van der Waals surface area contributed by atoms with Gasteiger partial charge in [0.1, 0.15) is 5.75 Å². The zero-order valence-electron chi connectivity index (χ0n) is 12.1. The lowest BCUT2D eigenvalue weighted by molar-refractivity contribution is 0.475. The van der Waals surface area contributed by atoms with E-state index in [0.717, 1.165) is 21.7 Å². The number of rotatable bonds is 2. The Morgan fingerprint density at radius 2 is 1.87 bits per heavy atom. The zero-order chi connectivity index (χ0) is 15.8. The van der Waals surface area contributed by atoms with E-state index < -0.39 is 0 Å². The SMILES string of the molecule is Nc1ncc(-c2cccc(O)c2)c(-c2cc3ccccc3s2)n1. The summed E-state index contributed by atoms with van der Waals surface area (Å²) in [6, 6.07) is 17.4. The molecule has 0 saturated carbocycles. The number of anilines is 1. The maximum Gasteiger partial charge on any atom is 0.220 e. The molecule has 0 bridgehead atoms. The lowest BCUT2D eigenvalue weighted by Crippen LogP contribution is -1.97. The number of nitrogen functional groups attached to an aromatic ring is 1. The molecule has 23 heavy (non-hydrogen) atoms. The fraction of sp³-hybridized carbons (Fsp3) is 0. The second kappa shape index (κ2) is 5.37. The first-order chi connectivity index (χ1) is 11.2. The lowest BCUT2D eigenvalue weighted by Gasteiger charge is -2.08. The van der Waals surface area contributed by atoms with Gasteiger partial charge in [-0.15, -0.1) is 11.3 Å². The molecule has 5 heteroatoms. The molecule has 112 valence electrons. The van der Waals surface area contributed by atoms with Crippen LogP contribution in [-0.2, 0) is 0 Å². The molecule has 2 aromatic carbocycles. The smallest absolute Gasteiger partial charge is 0.220 e. The third kappa shape index (κ3) is 2.51. The Hall–Kier alpha value is -2.92. The molecule has 0 aliphatic heterocycles. The van der Waals surface area contributed by atoms with E-state index >= 15 is 0 Å². The van der Waals surface area contributed by atoms with E-state index in [1.165, 1.54) is 10.1 Å². The maximum absolute atomic E-state index is 9.74. The molecule has 2 heterocycles. The van der Waals surface area contributed by atoms with Crippen molar-refractivity contribution in [2.45, 2.75) is 0 Å². The normalized spacial score (nSPS) is 11.0. The molecular weight excluding hydrogens is 306 g/mol. The summed E-state index contributed by atoms with van der Waals surface area (Å²) < 4.78 is 1.20. The van der Waals surface area contributed by atoms with Gasteiger partial charge in [-0.2, -0.15) is 0 Å². The van der Waals surface area contributed by atoms with Gasteiger partial charge in [-0.05, 0) is 35.2 Å². The highest BCUT2D eigenvalue weighted by atomic mass is 32.1. The number of benzene rings is 2. The summed E-state index contributed by atoms with van der Waals surface area (Å²) in [6.45, 7) is 0. The van der Waals surface area contributed by atoms with Gasteiger partial charge in [0.2, 0.25) is 5.95 Å². The summed E-state index contributed by atoms with van der Waals surface area (Å²) in [6.07, 6.45) is 1.71. The highest BCUT2D eigenvalue weighted by Gasteiger charge is 2.14. The van der Waals surface area contributed by atoms with Crippen LogP contribution in [0.2, 0.25) is 0 Å². The van der Waals surface area contributed by atoms with Gasteiger partial charge >= 0.3 is 0 Å². The van der Waals surface area contributed by atoms with E-state index in [9.17, 15) is 5.11 Å². The minimum absolute atomic E-state index is 0.210. The first kappa shape index (κ1) is 13.7. The Morgan fingerprint density at radius 1 is 1.00 bits per heavy atom. The maximum atomic E-state index is 9.74. The molecule has 0 spiro atoms. The monoisotopic (exact) mass is 319 g/mol. The van der Waals surface area contributed by atoms with Gasteiger partial charge in [0.15, 0.2) is 0 Å². The first-order valence-corrected chi connectivity index (χ1v) is 7.93. The molecule has 0 fully saturated rings. The fourth-order valence-corrected chi connectivity index (χ4v) is 3.63. The summed E-state index contributed by atoms with van der Waals surface area (Å²) in [7, 11) is 0. The van der Waals surface area contributed by atoms with Crippen molar-refractivity contribution in [1.29, 1.82) is 0 Å². The molecule has 3 N–H and O–H groups in total. The number of hydrogen-bond donors (Lipinski definition) is 2. The van der Waals surface area contributed by atoms with Crippen LogP contribution in [0.1, 0.15) is 0 Å². The minimum atomic E-state index is 0.210. The summed E-state index contributed by atoms with van der Waals surface area (Å²) in [5.74, 6) is 0.447. The van der Waals surface area contributed by atoms with Crippen LogP contribution in [-0.4, -0.2) is 15.1 Å². The minimum Gasteiger partial charge on any atom is -0.508 e. The van der Waals surface area contributed by atoms with Crippen LogP contribution in [0.4, 0.5) is 5.95 Å². The fourth-order valence-electron chi connectivity index (χ4n) is 2.57. The summed E-state index contributed by atoms with van der Waals surface area (Å²) in [5.41, 5.74) is 8.29. The topological polar surface area (TPSA) is 72.0 Å². The van der Waals surface area contributed by atoms with Crippen LogP contribution in [0.3, 0.4) is 0 Å². The first-order valence-electron chi connectivity index (χ1n) is 7.11. The lowest BCUT2D eigenvalue weighted by atomic mass is 10.0. The molecular formula is C18H13N3OS. The number of fused-ring (bicyclic) bond motifs is 1. The molecule has 2 aromatic heterocycles. The van der Waals surface area contributed by atoms with Gasteiger partial charge < -0.3 is 10.8 Å². The molecule has 0 amide bonds. The van der Waals surface area contributed by atoms with Gasteiger partial charge in [-0.3, -0.25) is 0 Å². The number of nitrogens with zero attached hydrogens (tertiary/aromatic N) is 2. The number of phenols is 1. The number of hydrogen-bond acceptors (Lipinski definition) is 5. The molecule has 4 rings (SSSR count). The van der Waals surface area contributed by atoms with Crippen molar-refractivity contribution in [2.75, 3.05) is 5.73 Å². The van der Waals surface area contributed by atoms with Crippen LogP contribution in [0.15, 0.2) is 60.8 Å². The van der Waals surface area contributed by atoms with Crippen molar-refractivity contribution in [1.82, 2.24) is 9.97 Å². The largest absolute Gasteiger partial charge is 0.508 e. The molecule has 4 aromatic rings. The van der Waals surface area contributed by atoms with Crippen molar-refractivity contribution >= 4 is 27.4 Å². The van der Waals surface area contributed by atoms with Crippen LogP contribution >= 0.6 is 11.3 Å². The Bertz CT molecular complexity index is 977. The Kier molecular flexibility index (Phi) is 3.20. The molecule has 0 aliphatic carbocycles. The molecule has 0 aliphatic rings. The van der Waals surface area contributed by atoms with Gasteiger partial charge in [0.25, 0.3) is 0 Å². The number of aromatic nitrogens is 2. The highest BCUT2D eigenvalue weighted by molar-refractivity contribution is 7.22. The predicted molar refractivity (Wildman–Crippen MR) is 94.4 cm³/mol. The molecule has 0 saturated heterocycles. The number of phenolic OH excluding ortho intramolecular Hbond substituents is 1. The highest BCUT2D eigenvalue weighted by Crippen LogP contribution is 2.38. The van der Waals surface area contributed by atoms with E-state index in [2.05, 4.69) is 28.2 Å². The summed E-state index contributed by atoms with van der Waals surface area (Å²) >= 11 is 1.66. The van der Waals surface area contributed by atoms with Crippen LogP contribution < -0.4 is 5.73 Å². The van der Waals surface area contributed by atoms with E-state index in [0.29, 0.717) is 0 Å². The molecule has 0 unspecified atom stereocenters. The Labute approximate surface area is 136 Å². The van der Waals surface area contributed by atoms with Crippen molar-refractivity contribution in [3.05, 3.63) is 60.8 Å². The average molecular weight is 319 g/mol. The van der Waals surface area contributed by atoms with E-state index in [1.54, 1.807) is 35.7 Å². The quantitative estimate of drug-likeness (QED) is 0.577. The summed E-state index contributed by atoms with van der Waals surface area (Å²) in [4.78, 5) is 9.58. The molecule has 4 nitrogen and oxygen atoms in total. The van der Waals surface area contributed by atoms with Gasteiger partial charge in [0, 0.05) is 16.5 Å². The second-order valence-electron chi connectivity index (χ2n) is 5.19. The van der Waals surface area contributed by atoms with E-state index in [4.69, 9.17) is 5.73 Å². The van der Waals surface area contributed by atoms with Crippen LogP contribution in [0.25, 0.3) is 31.8 Å². The molecule has 0 atom stereocenters. The second-order valence-corrected chi connectivity index (χ2v) is 6.27. The Balaban J connectivity index is 1.95. The van der Waals surface area contributed by atoms with E-state index in [-0.39, 0.29) is 11.7 Å². The third-order valence-corrected chi connectivity index (χ3v) is 4.75. The van der Waals surface area contributed by atoms with Gasteiger partial charge in [-0.25, -0.2) is 9.97 Å². The molecule has 0 radical (unpaired) electrons. The van der Waals surface area contributed by atoms with Crippen molar-refractivity contribution in [3.8, 4) is 27.4 Å². The Morgan fingerprint density at radius 3 is 2.70 bits per heavy atom. The summed E-state index contributed by atoms with van der Waals surface area (Å²) in [5, 5.41) is 10.9. The van der Waals surface area contributed by atoms with Crippen molar-refractivity contribution < 1.29 is 5.11 Å². The number of aromatic hydroxyl groups is 1. The van der Waals surface area contributed by atoms with Crippen LogP contribution in [0.5, 0.6) is 5.75 Å². The average Bonchev–Trinajstić information content (AvgIpc) is 2.98. The number of thiophene rings is 1. The van der Waals surface area contributed by atoms with Crippen molar-refractivity contribution in [3.63, 3.8) is 0 Å². The van der Waals surface area contributed by atoms with Crippen molar-refractivity contribution in [2.24, 2.45) is 0 Å². The van der Waals surface area contributed by atoms with Crippen LogP contribution in [0, 0.1) is 0 Å². The standard InChI is InChI=1S/C18H13N3OS/c19-18-20-10-14(11-5-3-6-13(22)8-11)17(21-18)16-9-12-4-1-2-7-15(12)23-16/h1-10,22H,(H2,19,20,21). The predicted octanol–water partition coefficient (Wildman–Crippen LogP) is 4.31.